The molecule has 0 amide bonds. The van der Waals surface area contributed by atoms with Gasteiger partial charge < -0.3 is 5.32 Å². The second kappa shape index (κ2) is 6.42. The summed E-state index contributed by atoms with van der Waals surface area (Å²) in [6.45, 7) is 6.67. The van der Waals surface area contributed by atoms with Gasteiger partial charge in [-0.3, -0.25) is 0 Å². The van der Waals surface area contributed by atoms with Gasteiger partial charge in [-0.15, -0.1) is 0 Å². The Labute approximate surface area is 116 Å². The van der Waals surface area contributed by atoms with Crippen LogP contribution in [0.15, 0.2) is 54.6 Å². The fourth-order valence-corrected chi connectivity index (χ4v) is 2.37. The number of rotatable bonds is 5. The highest BCUT2D eigenvalue weighted by Gasteiger charge is 2.12. The summed E-state index contributed by atoms with van der Waals surface area (Å²) in [7, 11) is 0. The minimum Gasteiger partial charge on any atom is -0.378 e. The van der Waals surface area contributed by atoms with Gasteiger partial charge in [-0.25, -0.2) is 0 Å². The number of nitrogens with one attached hydrogen (secondary N) is 1. The third-order valence-corrected chi connectivity index (χ3v) is 3.27. The molecule has 2 aromatic rings. The van der Waals surface area contributed by atoms with Crippen molar-refractivity contribution in [2.45, 2.75) is 33.2 Å². The first-order valence-electron chi connectivity index (χ1n) is 7.03. The van der Waals surface area contributed by atoms with E-state index in [1.165, 1.54) is 16.8 Å². The number of aryl methyl sites for hydroxylation is 1. The van der Waals surface area contributed by atoms with Crippen molar-refractivity contribution >= 4 is 5.69 Å². The van der Waals surface area contributed by atoms with Crippen molar-refractivity contribution in [2.24, 2.45) is 5.92 Å². The molecule has 19 heavy (non-hydrogen) atoms. The molecule has 0 fully saturated rings. The minimum atomic E-state index is 0.378. The molecule has 0 aliphatic rings. The first-order valence-corrected chi connectivity index (χ1v) is 7.03. The Balaban J connectivity index is 2.19. The lowest BCUT2D eigenvalue weighted by Gasteiger charge is -2.22. The smallest absolute Gasteiger partial charge is 0.0516 e. The molecule has 2 aromatic carbocycles. The molecular formula is C18H23N. The van der Waals surface area contributed by atoms with E-state index >= 15 is 0 Å². The van der Waals surface area contributed by atoms with Crippen LogP contribution < -0.4 is 5.32 Å². The lowest BCUT2D eigenvalue weighted by atomic mass is 9.96. The SMILES string of the molecule is Cc1cccc(NC(CC(C)C)c2ccccc2)c1. The molecule has 1 unspecified atom stereocenters. The fourth-order valence-electron chi connectivity index (χ4n) is 2.37. The van der Waals surface area contributed by atoms with Crippen molar-refractivity contribution in [3.63, 3.8) is 0 Å². The molecule has 1 N–H and O–H groups in total. The summed E-state index contributed by atoms with van der Waals surface area (Å²) in [6.07, 6.45) is 1.14. The second-order valence-electron chi connectivity index (χ2n) is 5.61. The van der Waals surface area contributed by atoms with Crippen LogP contribution in [0.2, 0.25) is 0 Å². The Bertz CT molecular complexity index is 502. The lowest BCUT2D eigenvalue weighted by molar-refractivity contribution is 0.531. The van der Waals surface area contributed by atoms with Crippen LogP contribution in [0.5, 0.6) is 0 Å². The van der Waals surface area contributed by atoms with Gasteiger partial charge in [0.15, 0.2) is 0 Å². The summed E-state index contributed by atoms with van der Waals surface area (Å²) in [5.41, 5.74) is 3.86. The molecule has 0 aliphatic carbocycles. The summed E-state index contributed by atoms with van der Waals surface area (Å²) >= 11 is 0. The first-order chi connectivity index (χ1) is 9.15. The Hall–Kier alpha value is -1.76. The van der Waals surface area contributed by atoms with Gasteiger partial charge in [0.05, 0.1) is 6.04 Å². The minimum absolute atomic E-state index is 0.378. The first kappa shape index (κ1) is 13.7. The van der Waals surface area contributed by atoms with E-state index in [2.05, 4.69) is 80.7 Å². The standard InChI is InChI=1S/C18H23N/c1-14(2)12-18(16-9-5-4-6-10-16)19-17-11-7-8-15(3)13-17/h4-11,13-14,18-19H,12H2,1-3H3. The normalized spacial score (nSPS) is 12.4. The van der Waals surface area contributed by atoms with Gasteiger partial charge in [0.2, 0.25) is 0 Å². The summed E-state index contributed by atoms with van der Waals surface area (Å²) in [4.78, 5) is 0. The molecule has 0 aliphatic heterocycles. The molecular weight excluding hydrogens is 230 g/mol. The Kier molecular flexibility index (Phi) is 4.62. The molecule has 2 rings (SSSR count). The van der Waals surface area contributed by atoms with Crippen molar-refractivity contribution in [1.29, 1.82) is 0 Å². The van der Waals surface area contributed by atoms with E-state index < -0.39 is 0 Å². The van der Waals surface area contributed by atoms with Gasteiger partial charge >= 0.3 is 0 Å². The van der Waals surface area contributed by atoms with E-state index in [0.29, 0.717) is 12.0 Å². The van der Waals surface area contributed by atoms with Crippen molar-refractivity contribution < 1.29 is 0 Å². The van der Waals surface area contributed by atoms with Gasteiger partial charge in [0.1, 0.15) is 0 Å². The Morgan fingerprint density at radius 3 is 2.32 bits per heavy atom. The monoisotopic (exact) mass is 253 g/mol. The average Bonchev–Trinajstić information content (AvgIpc) is 2.38. The van der Waals surface area contributed by atoms with Crippen LogP contribution in [-0.2, 0) is 0 Å². The van der Waals surface area contributed by atoms with Crippen molar-refractivity contribution in [1.82, 2.24) is 0 Å². The summed E-state index contributed by atoms with van der Waals surface area (Å²) in [5, 5.41) is 3.67. The number of hydrogen-bond donors (Lipinski definition) is 1. The van der Waals surface area contributed by atoms with Crippen molar-refractivity contribution in [2.75, 3.05) is 5.32 Å². The van der Waals surface area contributed by atoms with E-state index in [1.54, 1.807) is 0 Å². The van der Waals surface area contributed by atoms with Gasteiger partial charge in [-0.2, -0.15) is 0 Å². The maximum Gasteiger partial charge on any atom is 0.0516 e. The van der Waals surface area contributed by atoms with Crippen LogP contribution in [0, 0.1) is 12.8 Å². The molecule has 0 radical (unpaired) electrons. The van der Waals surface area contributed by atoms with Gasteiger partial charge in [-0.05, 0) is 42.5 Å². The van der Waals surface area contributed by atoms with Crippen LogP contribution in [0.25, 0.3) is 0 Å². The van der Waals surface area contributed by atoms with E-state index in [9.17, 15) is 0 Å². The predicted octanol–water partition coefficient (Wildman–Crippen LogP) is 5.19. The van der Waals surface area contributed by atoms with E-state index in [-0.39, 0.29) is 0 Å². The number of hydrogen-bond acceptors (Lipinski definition) is 1. The average molecular weight is 253 g/mol. The zero-order valence-electron chi connectivity index (χ0n) is 12.1. The summed E-state index contributed by atoms with van der Waals surface area (Å²) in [5.74, 6) is 0.669. The maximum atomic E-state index is 3.67. The second-order valence-corrected chi connectivity index (χ2v) is 5.61. The fraction of sp³-hybridized carbons (Fsp3) is 0.333. The van der Waals surface area contributed by atoms with Gasteiger partial charge in [-0.1, -0.05) is 56.3 Å². The topological polar surface area (TPSA) is 12.0 Å². The van der Waals surface area contributed by atoms with E-state index in [1.807, 2.05) is 0 Å². The zero-order chi connectivity index (χ0) is 13.7. The van der Waals surface area contributed by atoms with Gasteiger partial charge in [0.25, 0.3) is 0 Å². The van der Waals surface area contributed by atoms with Crippen molar-refractivity contribution in [3.05, 3.63) is 65.7 Å². The molecule has 0 spiro atoms. The lowest BCUT2D eigenvalue weighted by Crippen LogP contribution is -2.13. The van der Waals surface area contributed by atoms with Crippen LogP contribution >= 0.6 is 0 Å². The molecule has 0 aromatic heterocycles. The highest BCUT2D eigenvalue weighted by Crippen LogP contribution is 2.26. The molecule has 0 bridgehead atoms. The third kappa shape index (κ3) is 4.13. The van der Waals surface area contributed by atoms with Crippen LogP contribution in [0.1, 0.15) is 37.4 Å². The summed E-state index contributed by atoms with van der Waals surface area (Å²) in [6, 6.07) is 19.7. The Morgan fingerprint density at radius 1 is 0.947 bits per heavy atom. The molecule has 1 heteroatoms. The van der Waals surface area contributed by atoms with Crippen LogP contribution in [-0.4, -0.2) is 0 Å². The molecule has 0 saturated heterocycles. The predicted molar refractivity (Wildman–Crippen MR) is 83.4 cm³/mol. The molecule has 0 saturated carbocycles. The van der Waals surface area contributed by atoms with E-state index in [4.69, 9.17) is 0 Å². The zero-order valence-corrected chi connectivity index (χ0v) is 12.1. The van der Waals surface area contributed by atoms with Crippen LogP contribution in [0.3, 0.4) is 0 Å². The van der Waals surface area contributed by atoms with Crippen molar-refractivity contribution in [3.8, 4) is 0 Å². The number of anilines is 1. The molecule has 100 valence electrons. The maximum absolute atomic E-state index is 3.67. The Morgan fingerprint density at radius 2 is 1.68 bits per heavy atom. The molecule has 1 atom stereocenters. The quantitative estimate of drug-likeness (QED) is 0.772. The van der Waals surface area contributed by atoms with Crippen LogP contribution in [0.4, 0.5) is 5.69 Å². The highest BCUT2D eigenvalue weighted by atomic mass is 14.9. The molecule has 0 heterocycles. The van der Waals surface area contributed by atoms with E-state index in [0.717, 1.165) is 6.42 Å². The summed E-state index contributed by atoms with van der Waals surface area (Å²) < 4.78 is 0. The van der Waals surface area contributed by atoms with Gasteiger partial charge in [0, 0.05) is 5.69 Å². The largest absolute Gasteiger partial charge is 0.378 e. The molecule has 1 nitrogen and oxygen atoms in total. The number of benzene rings is 2. The third-order valence-electron chi connectivity index (χ3n) is 3.27. The highest BCUT2D eigenvalue weighted by molar-refractivity contribution is 5.47.